The van der Waals surface area contributed by atoms with E-state index in [0.717, 1.165) is 49.1 Å². The van der Waals surface area contributed by atoms with Crippen LogP contribution in [0, 0.1) is 24.0 Å². The van der Waals surface area contributed by atoms with Crippen molar-refractivity contribution >= 4 is 57.9 Å². The first-order chi connectivity index (χ1) is 35.3. The number of terminal acetylenes is 1. The second-order valence-corrected chi connectivity index (χ2v) is 19.3. The summed E-state index contributed by atoms with van der Waals surface area (Å²) in [7, 11) is 3.13. The maximum Gasteiger partial charge on any atom is 0.319 e. The number of halogens is 2. The number of amides is 4. The number of anilines is 1. The first-order valence-corrected chi connectivity index (χ1v) is 24.5. The highest BCUT2D eigenvalue weighted by Crippen LogP contribution is 2.45. The smallest absolute Gasteiger partial charge is 0.319 e. The number of phenols is 1. The van der Waals surface area contributed by atoms with Gasteiger partial charge in [-0.25, -0.2) is 8.78 Å². The number of carbonyl (C=O) groups excluding carboxylic acids is 5. The number of aromatic nitrogens is 3. The normalized spacial score (nSPS) is 21.4. The van der Waals surface area contributed by atoms with E-state index in [4.69, 9.17) is 20.9 Å². The summed E-state index contributed by atoms with van der Waals surface area (Å²) in [6.07, 6.45) is 14.6. The number of rotatable bonds is 17. The summed E-state index contributed by atoms with van der Waals surface area (Å²) < 4.78 is 43.7. The quantitative estimate of drug-likeness (QED) is 0.0318. The Labute approximate surface area is 420 Å². The Balaban J connectivity index is 0.000000215. The van der Waals surface area contributed by atoms with E-state index in [1.165, 1.54) is 31.3 Å². The highest BCUT2D eigenvalue weighted by atomic mass is 19.1. The number of aromatic hydroxyl groups is 1. The highest BCUT2D eigenvalue weighted by Gasteiger charge is 2.51. The molecule has 3 aromatic carbocycles. The number of imide groups is 1. The lowest BCUT2D eigenvalue weighted by Gasteiger charge is -2.35. The molecule has 2 bridgehead atoms. The molecule has 0 radical (unpaired) electrons. The van der Waals surface area contributed by atoms with Crippen LogP contribution in [0.2, 0.25) is 0 Å². The number of ether oxygens (including phenoxy) is 2. The number of hydrogen-bond donors (Lipinski definition) is 4. The number of piperazine rings is 1. The van der Waals surface area contributed by atoms with E-state index >= 15 is 4.39 Å². The molecule has 10 rings (SSSR count). The topological polar surface area (TPSA) is 209 Å². The fourth-order valence-electron chi connectivity index (χ4n) is 11.5. The van der Waals surface area contributed by atoms with Crippen molar-refractivity contribution in [3.05, 3.63) is 94.7 Å². The molecule has 4 saturated heterocycles. The van der Waals surface area contributed by atoms with Gasteiger partial charge in [-0.1, -0.05) is 36.3 Å². The van der Waals surface area contributed by atoms with Crippen molar-refractivity contribution in [3.63, 3.8) is 0 Å². The molecule has 73 heavy (non-hydrogen) atoms. The summed E-state index contributed by atoms with van der Waals surface area (Å²) in [5.74, 6) is -0.0706. The lowest BCUT2D eigenvalue weighted by molar-refractivity contribution is -0.124. The Morgan fingerprint density at radius 1 is 1.10 bits per heavy atom. The summed E-state index contributed by atoms with van der Waals surface area (Å²) in [6.45, 7) is 7.89. The summed E-state index contributed by atoms with van der Waals surface area (Å²) in [6, 6.07) is 10.5. The minimum atomic E-state index is -1.03. The van der Waals surface area contributed by atoms with E-state index < -0.39 is 35.4 Å². The van der Waals surface area contributed by atoms with Crippen LogP contribution in [0.25, 0.3) is 32.9 Å². The van der Waals surface area contributed by atoms with Crippen LogP contribution in [0.5, 0.6) is 11.8 Å². The number of hydrogen-bond acceptors (Lipinski definition) is 14. The number of nitrogens with zero attached hydrogens (tertiary/aromatic N) is 6. The van der Waals surface area contributed by atoms with Gasteiger partial charge in [0.2, 0.25) is 12.3 Å². The summed E-state index contributed by atoms with van der Waals surface area (Å²) in [4.78, 5) is 78.4. The van der Waals surface area contributed by atoms with Crippen molar-refractivity contribution in [2.45, 2.75) is 87.5 Å². The number of carbonyl (C=O) groups is 5. The number of methoxy groups -OCH3 is 1. The highest BCUT2D eigenvalue weighted by molar-refractivity contribution is 6.23. The van der Waals surface area contributed by atoms with Crippen LogP contribution in [0.1, 0.15) is 83.2 Å². The number of phenolic OH excluding ortho intramolecular Hbond substituents is 1. The van der Waals surface area contributed by atoms with E-state index in [2.05, 4.69) is 48.2 Å². The summed E-state index contributed by atoms with van der Waals surface area (Å²) in [5.41, 5.74) is 2.20. The number of aldehydes is 1. The molecular weight excluding hydrogens is 941 g/mol. The Bertz CT molecular complexity index is 3060. The second-order valence-electron chi connectivity index (χ2n) is 19.3. The average Bonchev–Trinajstić information content (AvgIpc) is 4.09. The van der Waals surface area contributed by atoms with Gasteiger partial charge in [-0.05, 0) is 86.6 Å². The third-order valence-electron chi connectivity index (χ3n) is 14.7. The van der Waals surface area contributed by atoms with Crippen LogP contribution in [-0.2, 0) is 25.5 Å². The number of aryl methyl sites for hydroxylation is 1. The maximum atomic E-state index is 16.9. The molecule has 4 fully saturated rings. The molecule has 19 heteroatoms. The average molecular weight is 998 g/mol. The molecule has 17 nitrogen and oxygen atoms in total. The number of likely N-dealkylation sites (N-methyl/N-ethyl adjacent to an activating group) is 1. The van der Waals surface area contributed by atoms with Gasteiger partial charge in [-0.3, -0.25) is 34.0 Å². The van der Waals surface area contributed by atoms with Gasteiger partial charge < -0.3 is 40.2 Å². The molecule has 4 N–H and O–H groups in total. The Hall–Kier alpha value is -7.40. The van der Waals surface area contributed by atoms with E-state index in [9.17, 15) is 33.5 Å². The molecule has 0 saturated carbocycles. The number of fused-ring (bicyclic) bond motifs is 6. The number of nitrogens with one attached hydrogen (secondary N) is 3. The minimum Gasteiger partial charge on any atom is -0.508 e. The fourth-order valence-corrected chi connectivity index (χ4v) is 11.5. The first-order valence-electron chi connectivity index (χ1n) is 24.5. The van der Waals surface area contributed by atoms with Gasteiger partial charge in [0, 0.05) is 82.0 Å². The zero-order chi connectivity index (χ0) is 51.6. The van der Waals surface area contributed by atoms with E-state index in [1.807, 2.05) is 0 Å². The molecular formula is C54H57F2N9O8. The van der Waals surface area contributed by atoms with Gasteiger partial charge >= 0.3 is 6.01 Å². The summed E-state index contributed by atoms with van der Waals surface area (Å²) in [5, 5.41) is 20.4. The van der Waals surface area contributed by atoms with Gasteiger partial charge in [-0.2, -0.15) is 9.97 Å². The monoisotopic (exact) mass is 997 g/mol. The van der Waals surface area contributed by atoms with Gasteiger partial charge in [0.05, 0.1) is 34.2 Å². The van der Waals surface area contributed by atoms with Crippen molar-refractivity contribution < 1.29 is 47.3 Å². The standard InChI is InChI=1S/C36H36F2N6O3.C18H21N3O5/c1-4-26-29(37)8-5-21-11-25(45)12-27(30(21)26)32-31(38)33-28(14-39-32)34(43-16-22-6-7-23(17-43)40-22)42-35(41-33)47-19-36-10-9-24(18-46-3)44(36)15-20(2)13-36;1-19-16(24)14(8-4-10-22)21-17(25)13-7-2-5-12(15(13)18(21)26)6-3-9-20-11-23/h1,5,8,11-12,14,22-24,40,45H,2,6-7,9-10,13,15-19H2,3H3;2,5,7,10-11,14H,3-4,6,8-9H2,1H3,(H,19,24)(H,20,23). The van der Waals surface area contributed by atoms with E-state index in [0.29, 0.717) is 98.2 Å². The first kappa shape index (κ1) is 50.5. The Morgan fingerprint density at radius 3 is 2.62 bits per heavy atom. The van der Waals surface area contributed by atoms with Crippen molar-refractivity contribution in [3.8, 4) is 35.4 Å². The second kappa shape index (κ2) is 21.4. The maximum absolute atomic E-state index is 16.9. The molecule has 5 aliphatic heterocycles. The largest absolute Gasteiger partial charge is 0.508 e. The van der Waals surface area contributed by atoms with E-state index in [-0.39, 0.29) is 69.5 Å². The molecule has 5 aromatic rings. The van der Waals surface area contributed by atoms with Crippen molar-refractivity contribution in [1.82, 2.24) is 40.7 Å². The van der Waals surface area contributed by atoms with Gasteiger partial charge in [-0.15, -0.1) is 6.42 Å². The zero-order valence-corrected chi connectivity index (χ0v) is 40.7. The van der Waals surface area contributed by atoms with Crippen molar-refractivity contribution in [1.29, 1.82) is 0 Å². The third kappa shape index (κ3) is 9.69. The van der Waals surface area contributed by atoms with Crippen LogP contribution >= 0.6 is 0 Å². The molecule has 0 spiro atoms. The van der Waals surface area contributed by atoms with Crippen LogP contribution in [0.4, 0.5) is 14.6 Å². The van der Waals surface area contributed by atoms with Crippen molar-refractivity contribution in [2.75, 3.05) is 58.5 Å². The van der Waals surface area contributed by atoms with Crippen LogP contribution in [0.3, 0.4) is 0 Å². The van der Waals surface area contributed by atoms with Gasteiger partial charge in [0.15, 0.2) is 5.82 Å². The minimum absolute atomic E-state index is 0.0323. The lowest BCUT2D eigenvalue weighted by atomic mass is 9.94. The van der Waals surface area contributed by atoms with Crippen molar-refractivity contribution in [2.24, 2.45) is 0 Å². The van der Waals surface area contributed by atoms with Crippen LogP contribution in [-0.4, -0.2) is 144 Å². The molecule has 4 amide bonds. The molecule has 0 aliphatic carbocycles. The Kier molecular flexibility index (Phi) is 14.8. The van der Waals surface area contributed by atoms with Gasteiger partial charge in [0.1, 0.15) is 47.5 Å². The molecule has 5 aliphatic rings. The molecule has 2 aromatic heterocycles. The third-order valence-corrected chi connectivity index (χ3v) is 14.7. The SMILES string of the molecule is C#Cc1c(F)ccc2cc(O)cc(-c3ncc4c(N5CC6CCC(C5)N6)nc(OCC56CCC(COC)N5CC(=C)C6)nc4c3F)c12.CNC(=O)C(CCC=O)N1C(=O)c2cccc(CCCNC=O)c2C1=O. The molecule has 5 atom stereocenters. The molecule has 380 valence electrons. The summed E-state index contributed by atoms with van der Waals surface area (Å²) >= 11 is 0. The van der Waals surface area contributed by atoms with E-state index in [1.54, 1.807) is 31.5 Å². The van der Waals surface area contributed by atoms with Crippen LogP contribution < -0.4 is 25.6 Å². The number of pyridine rings is 1. The Morgan fingerprint density at radius 2 is 1.89 bits per heavy atom. The van der Waals surface area contributed by atoms with Crippen LogP contribution in [0.15, 0.2) is 60.8 Å². The fraction of sp³-hybridized carbons (Fsp3) is 0.407. The predicted molar refractivity (Wildman–Crippen MR) is 268 cm³/mol. The molecule has 7 heterocycles. The number of benzene rings is 3. The van der Waals surface area contributed by atoms with Gasteiger partial charge in [0.25, 0.3) is 11.8 Å². The zero-order valence-electron chi connectivity index (χ0n) is 40.7. The lowest BCUT2D eigenvalue weighted by Crippen LogP contribution is -2.51. The molecule has 5 unspecified atom stereocenters. The predicted octanol–water partition coefficient (Wildman–Crippen LogP) is 4.99.